The summed E-state index contributed by atoms with van der Waals surface area (Å²) >= 11 is 12.9. The number of carboxylic acids is 1. The lowest BCUT2D eigenvalue weighted by Gasteiger charge is -2.45. The number of ether oxygens (including phenoxy) is 1. The Labute approximate surface area is 255 Å². The van der Waals surface area contributed by atoms with Crippen molar-refractivity contribution in [2.75, 3.05) is 18.4 Å². The fourth-order valence-electron chi connectivity index (χ4n) is 5.76. The fraction of sp³-hybridized carbons (Fsp3) is 0.226. The molecule has 43 heavy (non-hydrogen) atoms. The number of fused-ring (bicyclic) bond motifs is 2. The zero-order valence-corrected chi connectivity index (χ0v) is 24.1. The average molecular weight is 623 g/mol. The van der Waals surface area contributed by atoms with Gasteiger partial charge in [-0.2, -0.15) is 0 Å². The molecule has 2 atom stereocenters. The number of benzene rings is 3. The monoisotopic (exact) mass is 622 g/mol. The van der Waals surface area contributed by atoms with Crippen LogP contribution in [0.15, 0.2) is 66.7 Å². The summed E-state index contributed by atoms with van der Waals surface area (Å²) in [6, 6.07) is 17.1. The van der Waals surface area contributed by atoms with E-state index in [1.807, 2.05) is 0 Å². The van der Waals surface area contributed by atoms with Gasteiger partial charge in [0.05, 0.1) is 17.8 Å². The summed E-state index contributed by atoms with van der Waals surface area (Å²) in [6.07, 6.45) is 0.647. The summed E-state index contributed by atoms with van der Waals surface area (Å²) in [4.78, 5) is 47.6. The number of carbonyl (C=O) groups excluding carboxylic acids is 2. The van der Waals surface area contributed by atoms with Crippen molar-refractivity contribution in [3.8, 4) is 11.3 Å². The molecule has 3 heterocycles. The largest absolute Gasteiger partial charge is 0.478 e. The minimum Gasteiger partial charge on any atom is -0.478 e. The summed E-state index contributed by atoms with van der Waals surface area (Å²) in [5.74, 6) is -2.29. The molecule has 1 fully saturated rings. The second kappa shape index (κ2) is 11.3. The van der Waals surface area contributed by atoms with Crippen molar-refractivity contribution in [1.82, 2.24) is 14.9 Å². The van der Waals surface area contributed by atoms with Crippen molar-refractivity contribution >= 4 is 46.9 Å². The van der Waals surface area contributed by atoms with Crippen LogP contribution in [0.4, 0.5) is 14.9 Å². The van der Waals surface area contributed by atoms with E-state index in [4.69, 9.17) is 27.9 Å². The van der Waals surface area contributed by atoms with Crippen LogP contribution in [0.25, 0.3) is 11.3 Å². The third kappa shape index (κ3) is 5.68. The SMILES string of the molecule is O=C1Nc2ccc(Cl)cc2C2(CCCN(C(=O)C(Cc3ccc(F)cc3)c3nc(-c4ccc(C(=O)O)cc4)c(Cl)[nH]3)C2)O1. The lowest BCUT2D eigenvalue weighted by atomic mass is 9.83. The molecule has 0 bridgehead atoms. The molecule has 0 radical (unpaired) electrons. The minimum absolute atomic E-state index is 0.102. The van der Waals surface area contributed by atoms with Crippen LogP contribution in [-0.4, -0.2) is 51.0 Å². The van der Waals surface area contributed by atoms with Crippen LogP contribution in [0.1, 0.15) is 46.1 Å². The fourth-order valence-corrected chi connectivity index (χ4v) is 6.18. The Morgan fingerprint density at radius 1 is 1.09 bits per heavy atom. The number of amides is 2. The number of nitrogens with zero attached hydrogens (tertiary/aromatic N) is 2. The second-order valence-corrected chi connectivity index (χ2v) is 11.4. The Morgan fingerprint density at radius 2 is 1.84 bits per heavy atom. The van der Waals surface area contributed by atoms with E-state index < -0.39 is 29.4 Å². The van der Waals surface area contributed by atoms with Gasteiger partial charge in [0.2, 0.25) is 5.91 Å². The van der Waals surface area contributed by atoms with E-state index in [9.17, 15) is 23.9 Å². The lowest BCUT2D eigenvalue weighted by molar-refractivity contribution is -0.140. The van der Waals surface area contributed by atoms with Gasteiger partial charge in [-0.3, -0.25) is 10.1 Å². The van der Waals surface area contributed by atoms with E-state index in [1.165, 1.54) is 24.3 Å². The molecule has 1 spiro atoms. The third-order valence-corrected chi connectivity index (χ3v) is 8.34. The molecule has 0 saturated carbocycles. The summed E-state index contributed by atoms with van der Waals surface area (Å²) in [5, 5.41) is 12.6. The van der Waals surface area contributed by atoms with Gasteiger partial charge in [-0.25, -0.2) is 19.0 Å². The normalized spacial score (nSPS) is 18.5. The number of imidazole rings is 1. The Kier molecular flexibility index (Phi) is 7.57. The molecular weight excluding hydrogens is 598 g/mol. The first kappa shape index (κ1) is 28.7. The zero-order valence-electron chi connectivity index (χ0n) is 22.6. The highest BCUT2D eigenvalue weighted by molar-refractivity contribution is 6.32. The van der Waals surface area contributed by atoms with Crippen LogP contribution < -0.4 is 5.32 Å². The van der Waals surface area contributed by atoms with Crippen LogP contribution >= 0.6 is 23.2 Å². The van der Waals surface area contributed by atoms with E-state index in [-0.39, 0.29) is 29.6 Å². The van der Waals surface area contributed by atoms with Gasteiger partial charge in [-0.05, 0) is 67.3 Å². The third-order valence-electron chi connectivity index (χ3n) is 7.83. The number of nitrogens with one attached hydrogen (secondary N) is 2. The molecule has 2 aliphatic rings. The number of carbonyl (C=O) groups is 3. The molecule has 2 unspecified atom stereocenters. The highest BCUT2D eigenvalue weighted by atomic mass is 35.5. The number of anilines is 1. The maximum atomic E-state index is 14.3. The molecule has 2 amide bonds. The Hall–Kier alpha value is -4.41. The number of aromatic nitrogens is 2. The van der Waals surface area contributed by atoms with Crippen LogP contribution in [0.5, 0.6) is 0 Å². The number of carboxylic acid groups (broad SMARTS) is 1. The first-order valence-electron chi connectivity index (χ1n) is 13.5. The van der Waals surface area contributed by atoms with Gasteiger partial charge in [-0.15, -0.1) is 0 Å². The smallest absolute Gasteiger partial charge is 0.412 e. The van der Waals surface area contributed by atoms with Crippen LogP contribution in [0.3, 0.4) is 0 Å². The van der Waals surface area contributed by atoms with Gasteiger partial charge >= 0.3 is 12.1 Å². The Balaban J connectivity index is 1.35. The van der Waals surface area contributed by atoms with Gasteiger partial charge in [0.15, 0.2) is 5.60 Å². The Bertz CT molecular complexity index is 1730. The number of halogens is 3. The van der Waals surface area contributed by atoms with Gasteiger partial charge in [0.25, 0.3) is 0 Å². The average Bonchev–Trinajstić information content (AvgIpc) is 3.38. The van der Waals surface area contributed by atoms with Crippen molar-refractivity contribution in [2.24, 2.45) is 0 Å². The highest BCUT2D eigenvalue weighted by Crippen LogP contribution is 2.44. The number of aromatic amines is 1. The molecule has 12 heteroatoms. The number of rotatable bonds is 6. The van der Waals surface area contributed by atoms with Gasteiger partial charge in [0, 0.05) is 22.7 Å². The molecule has 6 rings (SSSR count). The zero-order chi connectivity index (χ0) is 30.3. The number of hydrogen-bond acceptors (Lipinski definition) is 5. The predicted molar refractivity (Wildman–Crippen MR) is 158 cm³/mol. The van der Waals surface area contributed by atoms with E-state index in [0.717, 1.165) is 0 Å². The lowest BCUT2D eigenvalue weighted by Crippen LogP contribution is -2.54. The minimum atomic E-state index is -1.09. The van der Waals surface area contributed by atoms with Gasteiger partial charge < -0.3 is 19.7 Å². The molecule has 3 aromatic carbocycles. The molecule has 3 N–H and O–H groups in total. The summed E-state index contributed by atoms with van der Waals surface area (Å²) < 4.78 is 19.6. The van der Waals surface area contributed by atoms with Crippen molar-refractivity contribution in [3.63, 3.8) is 0 Å². The predicted octanol–water partition coefficient (Wildman–Crippen LogP) is 6.63. The standard InChI is InChI=1S/C31H25Cl2FN4O5/c32-20-8-11-24-23(15-20)31(43-30(42)35-24)12-1-13-38(16-31)28(39)22(14-17-2-9-21(34)10-3-17)27-36-25(26(33)37-27)18-4-6-19(7-5-18)29(40)41/h2-11,15,22H,1,12-14,16H2,(H,35,42)(H,36,37)(H,40,41). The van der Waals surface area contributed by atoms with Gasteiger partial charge in [0.1, 0.15) is 28.4 Å². The van der Waals surface area contributed by atoms with E-state index >= 15 is 0 Å². The van der Waals surface area contributed by atoms with Crippen molar-refractivity contribution in [3.05, 3.63) is 105 Å². The number of piperidine rings is 1. The second-order valence-electron chi connectivity index (χ2n) is 10.6. The summed E-state index contributed by atoms with van der Waals surface area (Å²) in [5.41, 5.74) is 1.93. The van der Waals surface area contributed by atoms with Gasteiger partial charge in [-0.1, -0.05) is 47.5 Å². The van der Waals surface area contributed by atoms with Crippen LogP contribution in [0, 0.1) is 5.82 Å². The van der Waals surface area contributed by atoms with Crippen molar-refractivity contribution < 1.29 is 28.6 Å². The van der Waals surface area contributed by atoms with E-state index in [1.54, 1.807) is 47.4 Å². The van der Waals surface area contributed by atoms with E-state index in [0.29, 0.717) is 58.3 Å². The molecule has 1 saturated heterocycles. The first-order chi connectivity index (χ1) is 20.6. The highest BCUT2D eigenvalue weighted by Gasteiger charge is 2.47. The number of H-pyrrole nitrogens is 1. The molecule has 220 valence electrons. The molecule has 0 aliphatic carbocycles. The van der Waals surface area contributed by atoms with Crippen molar-refractivity contribution in [2.45, 2.75) is 30.8 Å². The molecular formula is C31H25Cl2FN4O5. The molecule has 9 nitrogen and oxygen atoms in total. The topological polar surface area (TPSA) is 125 Å². The van der Waals surface area contributed by atoms with Crippen molar-refractivity contribution in [1.29, 1.82) is 0 Å². The molecule has 4 aromatic rings. The van der Waals surface area contributed by atoms with E-state index in [2.05, 4.69) is 15.3 Å². The number of hydrogen-bond donors (Lipinski definition) is 3. The summed E-state index contributed by atoms with van der Waals surface area (Å²) in [6.45, 7) is 0.518. The number of likely N-dealkylation sites (tertiary alicyclic amines) is 1. The summed E-state index contributed by atoms with van der Waals surface area (Å²) in [7, 11) is 0. The quantitative estimate of drug-likeness (QED) is 0.222. The Morgan fingerprint density at radius 3 is 2.56 bits per heavy atom. The maximum absolute atomic E-state index is 14.3. The maximum Gasteiger partial charge on any atom is 0.412 e. The molecule has 2 aliphatic heterocycles. The number of aromatic carboxylic acids is 1. The van der Waals surface area contributed by atoms with Crippen LogP contribution in [-0.2, 0) is 21.6 Å². The molecule has 1 aromatic heterocycles. The first-order valence-corrected chi connectivity index (χ1v) is 14.3. The van der Waals surface area contributed by atoms with Crippen LogP contribution in [0.2, 0.25) is 10.2 Å².